The Balaban J connectivity index is 0.00000145. The number of halogens is 1. The molecule has 0 N–H and O–H groups in total. The van der Waals surface area contributed by atoms with Gasteiger partial charge in [-0.25, -0.2) is 4.79 Å². The van der Waals surface area contributed by atoms with Crippen molar-refractivity contribution in [1.82, 2.24) is 0 Å². The molecule has 7 nitrogen and oxygen atoms in total. The van der Waals surface area contributed by atoms with Gasteiger partial charge in [-0.3, -0.25) is 10.1 Å². The van der Waals surface area contributed by atoms with Crippen LogP contribution in [0.25, 0.3) is 0 Å². The molecule has 1 saturated heterocycles. The van der Waals surface area contributed by atoms with Crippen LogP contribution in [0.4, 0.5) is 17.1 Å². The summed E-state index contributed by atoms with van der Waals surface area (Å²) >= 11 is 6.13. The molecule has 0 spiro atoms. The van der Waals surface area contributed by atoms with Crippen molar-refractivity contribution in [3.05, 3.63) is 62.7 Å². The quantitative estimate of drug-likeness (QED) is 0.406. The average molecular weight is 420 g/mol. The number of ether oxygens (including phenoxy) is 1. The van der Waals surface area contributed by atoms with Crippen LogP contribution in [0.1, 0.15) is 29.8 Å². The fourth-order valence-corrected chi connectivity index (χ4v) is 3.45. The predicted octanol–water partition coefficient (Wildman–Crippen LogP) is 4.70. The van der Waals surface area contributed by atoms with Crippen molar-refractivity contribution in [3.63, 3.8) is 0 Å². The number of hydrogen-bond acceptors (Lipinski definition) is 6. The third-order valence-electron chi connectivity index (χ3n) is 4.74. The van der Waals surface area contributed by atoms with E-state index in [1.807, 2.05) is 32.0 Å². The summed E-state index contributed by atoms with van der Waals surface area (Å²) in [5.74, 6) is -0.711. The topological polar surface area (TPSA) is 75.9 Å². The fraction of sp³-hybridized carbons (Fsp3) is 0.381. The van der Waals surface area contributed by atoms with Crippen molar-refractivity contribution in [2.24, 2.45) is 0 Å². The Morgan fingerprint density at radius 2 is 1.69 bits per heavy atom. The molecule has 0 saturated carbocycles. The molecule has 0 unspecified atom stereocenters. The summed E-state index contributed by atoms with van der Waals surface area (Å²) in [6, 6.07) is 10.4. The highest BCUT2D eigenvalue weighted by Gasteiger charge is 2.24. The van der Waals surface area contributed by atoms with Crippen LogP contribution >= 0.6 is 11.6 Å². The van der Waals surface area contributed by atoms with Gasteiger partial charge < -0.3 is 14.5 Å². The van der Waals surface area contributed by atoms with E-state index in [2.05, 4.69) is 21.5 Å². The molecule has 29 heavy (non-hydrogen) atoms. The van der Waals surface area contributed by atoms with E-state index < -0.39 is 10.9 Å². The Hall–Kier alpha value is -2.80. The van der Waals surface area contributed by atoms with Crippen LogP contribution in [0.2, 0.25) is 5.02 Å². The lowest BCUT2D eigenvalue weighted by Crippen LogP contribution is -2.46. The number of esters is 1. The molecule has 1 aliphatic heterocycles. The van der Waals surface area contributed by atoms with Gasteiger partial charge in [0.1, 0.15) is 5.56 Å². The van der Waals surface area contributed by atoms with E-state index in [-0.39, 0.29) is 11.3 Å². The van der Waals surface area contributed by atoms with Gasteiger partial charge >= 0.3 is 5.97 Å². The zero-order chi connectivity index (χ0) is 21.6. The molecule has 156 valence electrons. The second-order valence-corrected chi connectivity index (χ2v) is 6.79. The van der Waals surface area contributed by atoms with Crippen LogP contribution in [-0.4, -0.2) is 44.2 Å². The molecule has 1 fully saturated rings. The molecular weight excluding hydrogens is 394 g/mol. The molecule has 0 bridgehead atoms. The maximum absolute atomic E-state index is 11.9. The number of anilines is 2. The van der Waals surface area contributed by atoms with Crippen LogP contribution in [0, 0.1) is 17.0 Å². The first kappa shape index (κ1) is 22.5. The first-order valence-corrected chi connectivity index (χ1v) is 9.91. The van der Waals surface area contributed by atoms with E-state index in [1.165, 1.54) is 19.2 Å². The van der Waals surface area contributed by atoms with Gasteiger partial charge in [0.25, 0.3) is 5.69 Å². The summed E-state index contributed by atoms with van der Waals surface area (Å²) in [4.78, 5) is 26.9. The highest BCUT2D eigenvalue weighted by Crippen LogP contribution is 2.29. The van der Waals surface area contributed by atoms with E-state index in [0.717, 1.165) is 43.1 Å². The predicted molar refractivity (Wildman–Crippen MR) is 116 cm³/mol. The number of nitrogens with zero attached hydrogens (tertiary/aromatic N) is 3. The standard InChI is InChI=1S/C19H20ClN3O4.C2H6/c1-13-3-4-14(20)11-18(13)22-9-7-21(8-10-22)15-5-6-17(23(25)26)16(12-15)19(24)27-2;1-2/h3-6,11-12H,7-10H2,1-2H3;1-2H3. The van der Waals surface area contributed by atoms with E-state index in [4.69, 9.17) is 11.6 Å². The molecular formula is C21H26ClN3O4. The molecule has 3 rings (SSSR count). The van der Waals surface area contributed by atoms with E-state index in [1.54, 1.807) is 6.07 Å². The normalized spacial score (nSPS) is 13.4. The maximum atomic E-state index is 11.9. The molecule has 0 aliphatic carbocycles. The Morgan fingerprint density at radius 3 is 2.28 bits per heavy atom. The minimum Gasteiger partial charge on any atom is -0.465 e. The Kier molecular flexibility index (Phi) is 7.84. The van der Waals surface area contributed by atoms with Crippen LogP contribution in [-0.2, 0) is 4.74 Å². The zero-order valence-electron chi connectivity index (χ0n) is 17.1. The van der Waals surface area contributed by atoms with Crippen LogP contribution < -0.4 is 9.80 Å². The van der Waals surface area contributed by atoms with Gasteiger partial charge in [-0.1, -0.05) is 31.5 Å². The number of aryl methyl sites for hydroxylation is 1. The minimum atomic E-state index is -0.711. The third kappa shape index (κ3) is 5.17. The highest BCUT2D eigenvalue weighted by atomic mass is 35.5. The van der Waals surface area contributed by atoms with Gasteiger partial charge in [0.05, 0.1) is 12.0 Å². The molecule has 0 amide bonds. The lowest BCUT2D eigenvalue weighted by Gasteiger charge is -2.38. The maximum Gasteiger partial charge on any atom is 0.344 e. The lowest BCUT2D eigenvalue weighted by atomic mass is 10.1. The van der Waals surface area contributed by atoms with E-state index >= 15 is 0 Å². The lowest BCUT2D eigenvalue weighted by molar-refractivity contribution is -0.385. The SMILES string of the molecule is CC.COC(=O)c1cc(N2CCN(c3cc(Cl)ccc3C)CC2)ccc1[N+](=O)[O-]. The zero-order valence-corrected chi connectivity index (χ0v) is 17.9. The number of benzene rings is 2. The number of nitro benzene ring substituents is 1. The Bertz CT molecular complexity index is 880. The highest BCUT2D eigenvalue weighted by molar-refractivity contribution is 6.30. The summed E-state index contributed by atoms with van der Waals surface area (Å²) in [5, 5.41) is 11.9. The van der Waals surface area contributed by atoms with Crippen LogP contribution in [0.5, 0.6) is 0 Å². The van der Waals surface area contributed by atoms with Crippen molar-refractivity contribution in [1.29, 1.82) is 0 Å². The monoisotopic (exact) mass is 419 g/mol. The van der Waals surface area contributed by atoms with Crippen LogP contribution in [0.3, 0.4) is 0 Å². The first-order chi connectivity index (χ1) is 13.9. The Morgan fingerprint density at radius 1 is 1.07 bits per heavy atom. The van der Waals surface area contributed by atoms with Gasteiger partial charge in [0, 0.05) is 48.6 Å². The number of methoxy groups -OCH3 is 1. The minimum absolute atomic E-state index is 0.0342. The molecule has 0 atom stereocenters. The van der Waals surface area contributed by atoms with Crippen molar-refractivity contribution >= 4 is 34.6 Å². The van der Waals surface area contributed by atoms with E-state index in [0.29, 0.717) is 5.02 Å². The van der Waals surface area contributed by atoms with Crippen molar-refractivity contribution in [3.8, 4) is 0 Å². The van der Waals surface area contributed by atoms with Gasteiger partial charge in [-0.2, -0.15) is 0 Å². The third-order valence-corrected chi connectivity index (χ3v) is 4.97. The van der Waals surface area contributed by atoms with Gasteiger partial charge in [0.2, 0.25) is 0 Å². The van der Waals surface area contributed by atoms with Crippen molar-refractivity contribution in [2.75, 3.05) is 43.1 Å². The van der Waals surface area contributed by atoms with Crippen LogP contribution in [0.15, 0.2) is 36.4 Å². The number of rotatable bonds is 4. The summed E-state index contributed by atoms with van der Waals surface area (Å²) < 4.78 is 4.69. The molecule has 0 aromatic heterocycles. The molecule has 0 radical (unpaired) electrons. The smallest absolute Gasteiger partial charge is 0.344 e. The number of carbonyl (C=O) groups excluding carboxylic acids is 1. The molecule has 2 aromatic carbocycles. The molecule has 8 heteroatoms. The molecule has 1 heterocycles. The fourth-order valence-electron chi connectivity index (χ4n) is 3.28. The first-order valence-electron chi connectivity index (χ1n) is 9.53. The van der Waals surface area contributed by atoms with Gasteiger partial charge in [0.15, 0.2) is 0 Å². The second kappa shape index (κ2) is 10.1. The Labute approximate surface area is 176 Å². The largest absolute Gasteiger partial charge is 0.465 e. The number of carbonyl (C=O) groups is 1. The number of hydrogen-bond donors (Lipinski definition) is 0. The molecule has 1 aliphatic rings. The summed E-state index contributed by atoms with van der Waals surface area (Å²) in [6.07, 6.45) is 0. The van der Waals surface area contributed by atoms with Gasteiger partial charge in [-0.15, -0.1) is 0 Å². The number of piperazine rings is 1. The number of nitro groups is 1. The van der Waals surface area contributed by atoms with Crippen molar-refractivity contribution < 1.29 is 14.5 Å². The molecule has 2 aromatic rings. The summed E-state index contributed by atoms with van der Waals surface area (Å²) in [5.41, 5.74) is 2.76. The average Bonchev–Trinajstić information content (AvgIpc) is 2.76. The van der Waals surface area contributed by atoms with Gasteiger partial charge in [-0.05, 0) is 36.8 Å². The van der Waals surface area contributed by atoms with Crippen molar-refractivity contribution in [2.45, 2.75) is 20.8 Å². The summed E-state index contributed by atoms with van der Waals surface area (Å²) in [6.45, 7) is 9.07. The summed E-state index contributed by atoms with van der Waals surface area (Å²) in [7, 11) is 1.21. The second-order valence-electron chi connectivity index (χ2n) is 6.36. The van der Waals surface area contributed by atoms with E-state index in [9.17, 15) is 14.9 Å².